The van der Waals surface area contributed by atoms with E-state index in [1.165, 1.54) is 5.56 Å². The molecule has 16 heavy (non-hydrogen) atoms. The summed E-state index contributed by atoms with van der Waals surface area (Å²) in [6.45, 7) is 2.07. The number of aryl methyl sites for hydroxylation is 1. The maximum Gasteiger partial charge on any atom is 0.0935 e. The molecule has 0 radical (unpaired) electrons. The van der Waals surface area contributed by atoms with Crippen molar-refractivity contribution in [1.82, 2.24) is 0 Å². The third-order valence-corrected chi connectivity index (χ3v) is 3.54. The van der Waals surface area contributed by atoms with Gasteiger partial charge in [-0.2, -0.15) is 0 Å². The Morgan fingerprint density at radius 2 is 2.19 bits per heavy atom. The van der Waals surface area contributed by atoms with Crippen LogP contribution >= 0.6 is 15.9 Å². The molecule has 3 heteroatoms. The van der Waals surface area contributed by atoms with Crippen LogP contribution in [0, 0.1) is 6.92 Å². The minimum atomic E-state index is 0.0180. The van der Waals surface area contributed by atoms with Gasteiger partial charge in [0.25, 0.3) is 0 Å². The van der Waals surface area contributed by atoms with Gasteiger partial charge >= 0.3 is 0 Å². The van der Waals surface area contributed by atoms with Gasteiger partial charge < -0.3 is 10.2 Å². The highest BCUT2D eigenvalue weighted by Crippen LogP contribution is 2.22. The predicted molar refractivity (Wildman–Crippen MR) is 68.2 cm³/mol. The first kappa shape index (κ1) is 11.4. The van der Waals surface area contributed by atoms with E-state index < -0.39 is 0 Å². The molecule has 0 saturated carbocycles. The highest BCUT2D eigenvalue weighted by molar-refractivity contribution is 9.10. The Bertz CT molecular complexity index is 465. The summed E-state index contributed by atoms with van der Waals surface area (Å²) in [5.41, 5.74) is 9.64. The van der Waals surface area contributed by atoms with E-state index in [0.717, 1.165) is 22.0 Å². The van der Waals surface area contributed by atoms with E-state index in [0.29, 0.717) is 0 Å². The van der Waals surface area contributed by atoms with Crippen LogP contribution in [0.5, 0.6) is 0 Å². The standard InChI is InChI=1S/C13H14BrNO/c1-9-6-11(2-3-12(9)14)13(15)7-10-4-5-16-8-10/h2-6,8,13H,7,15H2,1H3. The van der Waals surface area contributed by atoms with E-state index in [4.69, 9.17) is 10.2 Å². The summed E-state index contributed by atoms with van der Waals surface area (Å²) in [4.78, 5) is 0. The van der Waals surface area contributed by atoms with E-state index >= 15 is 0 Å². The average molecular weight is 280 g/mol. The normalized spacial score (nSPS) is 12.7. The van der Waals surface area contributed by atoms with Crippen LogP contribution in [0.25, 0.3) is 0 Å². The van der Waals surface area contributed by atoms with Crippen LogP contribution < -0.4 is 5.73 Å². The number of hydrogen-bond acceptors (Lipinski definition) is 2. The molecule has 2 nitrogen and oxygen atoms in total. The second-order valence-electron chi connectivity index (χ2n) is 3.95. The first-order chi connectivity index (χ1) is 7.66. The Labute approximate surface area is 104 Å². The van der Waals surface area contributed by atoms with Gasteiger partial charge in [-0.1, -0.05) is 28.1 Å². The zero-order valence-electron chi connectivity index (χ0n) is 9.11. The van der Waals surface area contributed by atoms with Crippen molar-refractivity contribution < 1.29 is 4.42 Å². The quantitative estimate of drug-likeness (QED) is 0.933. The van der Waals surface area contributed by atoms with Crippen LogP contribution in [-0.4, -0.2) is 0 Å². The molecule has 1 aromatic heterocycles. The molecule has 0 aliphatic heterocycles. The highest BCUT2D eigenvalue weighted by atomic mass is 79.9. The van der Waals surface area contributed by atoms with Gasteiger partial charge in [0.05, 0.1) is 12.5 Å². The van der Waals surface area contributed by atoms with Crippen LogP contribution in [0.4, 0.5) is 0 Å². The van der Waals surface area contributed by atoms with Gasteiger partial charge in [0.1, 0.15) is 0 Å². The Morgan fingerprint density at radius 3 is 2.81 bits per heavy atom. The van der Waals surface area contributed by atoms with E-state index in [1.807, 2.05) is 12.1 Å². The summed E-state index contributed by atoms with van der Waals surface area (Å²) in [6, 6.07) is 8.19. The summed E-state index contributed by atoms with van der Waals surface area (Å²) < 4.78 is 6.15. The maximum atomic E-state index is 6.15. The molecule has 0 saturated heterocycles. The zero-order valence-corrected chi connectivity index (χ0v) is 10.7. The molecule has 0 amide bonds. The van der Waals surface area contributed by atoms with Crippen LogP contribution in [0.2, 0.25) is 0 Å². The van der Waals surface area contributed by atoms with Crippen molar-refractivity contribution in [3.8, 4) is 0 Å². The lowest BCUT2D eigenvalue weighted by atomic mass is 10.00. The fourth-order valence-electron chi connectivity index (χ4n) is 1.68. The maximum absolute atomic E-state index is 6.15. The van der Waals surface area contributed by atoms with Crippen LogP contribution in [-0.2, 0) is 6.42 Å². The van der Waals surface area contributed by atoms with Gasteiger partial charge in [-0.05, 0) is 42.2 Å². The minimum Gasteiger partial charge on any atom is -0.472 e. The predicted octanol–water partition coefficient (Wildman–Crippen LogP) is 3.59. The lowest BCUT2D eigenvalue weighted by Crippen LogP contribution is -2.13. The molecule has 1 heterocycles. The van der Waals surface area contributed by atoms with Crippen molar-refractivity contribution in [3.63, 3.8) is 0 Å². The number of benzene rings is 1. The largest absolute Gasteiger partial charge is 0.472 e. The first-order valence-electron chi connectivity index (χ1n) is 5.19. The van der Waals surface area contributed by atoms with E-state index in [2.05, 4.69) is 35.0 Å². The highest BCUT2D eigenvalue weighted by Gasteiger charge is 2.08. The van der Waals surface area contributed by atoms with Crippen molar-refractivity contribution in [2.45, 2.75) is 19.4 Å². The molecule has 2 aromatic rings. The van der Waals surface area contributed by atoms with Gasteiger partial charge in [-0.25, -0.2) is 0 Å². The van der Waals surface area contributed by atoms with Gasteiger partial charge in [0.2, 0.25) is 0 Å². The Morgan fingerprint density at radius 1 is 1.38 bits per heavy atom. The van der Waals surface area contributed by atoms with Crippen molar-refractivity contribution in [1.29, 1.82) is 0 Å². The molecule has 2 N–H and O–H groups in total. The van der Waals surface area contributed by atoms with Gasteiger partial charge in [-0.3, -0.25) is 0 Å². The second kappa shape index (κ2) is 4.85. The number of rotatable bonds is 3. The number of nitrogens with two attached hydrogens (primary N) is 1. The summed E-state index contributed by atoms with van der Waals surface area (Å²) in [5, 5.41) is 0. The van der Waals surface area contributed by atoms with E-state index in [1.54, 1.807) is 12.5 Å². The Balaban J connectivity index is 2.14. The molecule has 1 aromatic carbocycles. The van der Waals surface area contributed by atoms with E-state index in [9.17, 15) is 0 Å². The molecule has 0 aliphatic rings. The molecule has 84 valence electrons. The molecule has 1 atom stereocenters. The molecule has 1 unspecified atom stereocenters. The molecule has 0 fully saturated rings. The van der Waals surface area contributed by atoms with Crippen LogP contribution in [0.3, 0.4) is 0 Å². The molecule has 0 spiro atoms. The van der Waals surface area contributed by atoms with Crippen LogP contribution in [0.1, 0.15) is 22.7 Å². The number of halogens is 1. The summed E-state index contributed by atoms with van der Waals surface area (Å²) in [7, 11) is 0. The Hall–Kier alpha value is -1.06. The molecule has 0 bridgehead atoms. The fraction of sp³-hybridized carbons (Fsp3) is 0.231. The Kier molecular flexibility index (Phi) is 3.46. The lowest BCUT2D eigenvalue weighted by molar-refractivity contribution is 0.561. The monoisotopic (exact) mass is 279 g/mol. The molecule has 0 aliphatic carbocycles. The van der Waals surface area contributed by atoms with Gasteiger partial charge in [0.15, 0.2) is 0 Å². The minimum absolute atomic E-state index is 0.0180. The molecular formula is C13H14BrNO. The third-order valence-electron chi connectivity index (χ3n) is 2.65. The van der Waals surface area contributed by atoms with Gasteiger partial charge in [-0.15, -0.1) is 0 Å². The average Bonchev–Trinajstić information content (AvgIpc) is 2.74. The van der Waals surface area contributed by atoms with Crippen molar-refractivity contribution >= 4 is 15.9 Å². The summed E-state index contributed by atoms with van der Waals surface area (Å²) in [6.07, 6.45) is 4.22. The smallest absolute Gasteiger partial charge is 0.0935 e. The SMILES string of the molecule is Cc1cc(C(N)Cc2ccoc2)ccc1Br. The van der Waals surface area contributed by atoms with Crippen molar-refractivity contribution in [2.75, 3.05) is 0 Å². The van der Waals surface area contributed by atoms with Crippen LogP contribution in [0.15, 0.2) is 45.7 Å². The summed E-state index contributed by atoms with van der Waals surface area (Å²) >= 11 is 3.48. The van der Waals surface area contributed by atoms with E-state index in [-0.39, 0.29) is 6.04 Å². The topological polar surface area (TPSA) is 39.2 Å². The number of furan rings is 1. The van der Waals surface area contributed by atoms with Gasteiger partial charge in [0, 0.05) is 10.5 Å². The van der Waals surface area contributed by atoms with Crippen molar-refractivity contribution in [2.24, 2.45) is 5.73 Å². The molecule has 2 rings (SSSR count). The third kappa shape index (κ3) is 2.54. The second-order valence-corrected chi connectivity index (χ2v) is 4.81. The molecular weight excluding hydrogens is 266 g/mol. The zero-order chi connectivity index (χ0) is 11.5. The lowest BCUT2D eigenvalue weighted by Gasteiger charge is -2.12. The summed E-state index contributed by atoms with van der Waals surface area (Å²) in [5.74, 6) is 0. The first-order valence-corrected chi connectivity index (χ1v) is 5.99. The number of hydrogen-bond donors (Lipinski definition) is 1. The fourth-order valence-corrected chi connectivity index (χ4v) is 1.93. The van der Waals surface area contributed by atoms with Crippen molar-refractivity contribution in [3.05, 3.63) is 58.0 Å².